The van der Waals surface area contributed by atoms with Crippen LogP contribution in [-0.4, -0.2) is 35.1 Å². The molecule has 4 nitrogen and oxygen atoms in total. The molecule has 1 aliphatic heterocycles. The second-order valence-corrected chi connectivity index (χ2v) is 4.08. The zero-order valence-corrected chi connectivity index (χ0v) is 9.03. The second-order valence-electron chi connectivity index (χ2n) is 3.30. The van der Waals surface area contributed by atoms with Crippen LogP contribution in [0.25, 0.3) is 0 Å². The summed E-state index contributed by atoms with van der Waals surface area (Å²) >= 11 is 3.13. The molecule has 2 heterocycles. The molecule has 0 saturated carbocycles. The van der Waals surface area contributed by atoms with Crippen LogP contribution in [-0.2, 0) is 0 Å². The minimum absolute atomic E-state index is 0.160. The van der Waals surface area contributed by atoms with Crippen LogP contribution in [0.1, 0.15) is 17.0 Å². The molecule has 76 valence electrons. The van der Waals surface area contributed by atoms with Crippen LogP contribution in [0.15, 0.2) is 21.2 Å². The molecule has 1 aromatic rings. The summed E-state index contributed by atoms with van der Waals surface area (Å²) in [7, 11) is 0. The van der Waals surface area contributed by atoms with Crippen LogP contribution < -0.4 is 0 Å². The van der Waals surface area contributed by atoms with E-state index in [1.54, 1.807) is 17.0 Å². The van der Waals surface area contributed by atoms with Crippen molar-refractivity contribution in [3.8, 4) is 0 Å². The lowest BCUT2D eigenvalue weighted by molar-refractivity contribution is 0.0732. The van der Waals surface area contributed by atoms with Gasteiger partial charge in [-0.2, -0.15) is 0 Å². The minimum Gasteiger partial charge on any atom is -0.444 e. The SMILES string of the molecule is O=C(c1ccc(Br)o1)N1CC[C@@H](O)C1. The highest BCUT2D eigenvalue weighted by Gasteiger charge is 2.26. The lowest BCUT2D eigenvalue weighted by Crippen LogP contribution is -2.29. The fourth-order valence-electron chi connectivity index (χ4n) is 1.51. The quantitative estimate of drug-likeness (QED) is 0.826. The van der Waals surface area contributed by atoms with Gasteiger partial charge in [-0.05, 0) is 34.5 Å². The molecular formula is C9H10BrNO3. The molecule has 1 aromatic heterocycles. The molecule has 0 spiro atoms. The molecule has 0 bridgehead atoms. The fraction of sp³-hybridized carbons (Fsp3) is 0.444. The number of hydrogen-bond acceptors (Lipinski definition) is 3. The van der Waals surface area contributed by atoms with Crippen LogP contribution in [0.5, 0.6) is 0 Å². The standard InChI is InChI=1S/C9H10BrNO3/c10-8-2-1-7(14-8)9(13)11-4-3-6(12)5-11/h1-2,6,12H,3-5H2/t6-/m1/s1. The van der Waals surface area contributed by atoms with Crippen molar-refractivity contribution in [3.05, 3.63) is 22.6 Å². The third kappa shape index (κ3) is 1.83. The lowest BCUT2D eigenvalue weighted by Gasteiger charge is -2.12. The van der Waals surface area contributed by atoms with Crippen LogP contribution in [0.2, 0.25) is 0 Å². The van der Waals surface area contributed by atoms with Gasteiger partial charge in [-0.1, -0.05) is 0 Å². The van der Waals surface area contributed by atoms with Crippen LogP contribution >= 0.6 is 15.9 Å². The predicted octanol–water partition coefficient (Wildman–Crippen LogP) is 1.25. The number of hydrogen-bond donors (Lipinski definition) is 1. The molecular weight excluding hydrogens is 250 g/mol. The predicted molar refractivity (Wildman–Crippen MR) is 52.9 cm³/mol. The van der Waals surface area contributed by atoms with Gasteiger partial charge in [-0.3, -0.25) is 4.79 Å². The topological polar surface area (TPSA) is 53.7 Å². The zero-order chi connectivity index (χ0) is 10.1. The number of β-amino-alcohol motifs (C(OH)–C–C–N with tert-alkyl or cyclic N) is 1. The molecule has 1 aliphatic rings. The van der Waals surface area contributed by atoms with Gasteiger partial charge in [-0.25, -0.2) is 0 Å². The van der Waals surface area contributed by atoms with Gasteiger partial charge in [0.2, 0.25) is 0 Å². The number of likely N-dealkylation sites (tertiary alicyclic amines) is 1. The van der Waals surface area contributed by atoms with Gasteiger partial charge in [0.25, 0.3) is 5.91 Å². The Morgan fingerprint density at radius 1 is 1.64 bits per heavy atom. The molecule has 1 amide bonds. The molecule has 1 atom stereocenters. The van der Waals surface area contributed by atoms with Gasteiger partial charge in [0, 0.05) is 13.1 Å². The van der Waals surface area contributed by atoms with Crippen molar-refractivity contribution in [1.29, 1.82) is 0 Å². The average Bonchev–Trinajstić information content (AvgIpc) is 2.73. The van der Waals surface area contributed by atoms with Gasteiger partial charge < -0.3 is 14.4 Å². The molecule has 0 aliphatic carbocycles. The maximum atomic E-state index is 11.7. The number of furan rings is 1. The van der Waals surface area contributed by atoms with E-state index in [9.17, 15) is 9.90 Å². The maximum Gasteiger partial charge on any atom is 0.289 e. The van der Waals surface area contributed by atoms with E-state index < -0.39 is 6.10 Å². The van der Waals surface area contributed by atoms with E-state index in [-0.39, 0.29) is 5.91 Å². The van der Waals surface area contributed by atoms with Crippen molar-refractivity contribution in [2.45, 2.75) is 12.5 Å². The number of halogens is 1. The second kappa shape index (κ2) is 3.74. The summed E-state index contributed by atoms with van der Waals surface area (Å²) in [6.07, 6.45) is 0.255. The first-order valence-electron chi connectivity index (χ1n) is 4.39. The van der Waals surface area contributed by atoms with Crippen molar-refractivity contribution < 1.29 is 14.3 Å². The number of carbonyl (C=O) groups is 1. The number of amides is 1. The van der Waals surface area contributed by atoms with E-state index in [2.05, 4.69) is 15.9 Å². The molecule has 1 fully saturated rings. The molecule has 0 radical (unpaired) electrons. The molecule has 1 N–H and O–H groups in total. The van der Waals surface area contributed by atoms with Crippen LogP contribution in [0.3, 0.4) is 0 Å². The number of carbonyl (C=O) groups excluding carboxylic acids is 1. The van der Waals surface area contributed by atoms with Crippen molar-refractivity contribution in [1.82, 2.24) is 4.90 Å². The molecule has 5 heteroatoms. The smallest absolute Gasteiger partial charge is 0.289 e. The van der Waals surface area contributed by atoms with Gasteiger partial charge in [0.1, 0.15) is 0 Å². The first kappa shape index (κ1) is 9.73. The Morgan fingerprint density at radius 3 is 2.93 bits per heavy atom. The monoisotopic (exact) mass is 259 g/mol. The number of aliphatic hydroxyl groups excluding tert-OH is 1. The first-order chi connectivity index (χ1) is 6.66. The highest BCUT2D eigenvalue weighted by Crippen LogP contribution is 2.18. The van der Waals surface area contributed by atoms with Crippen molar-refractivity contribution in [2.24, 2.45) is 0 Å². The van der Waals surface area contributed by atoms with E-state index in [1.807, 2.05) is 0 Å². The number of nitrogens with zero attached hydrogens (tertiary/aromatic N) is 1. The third-order valence-electron chi connectivity index (χ3n) is 2.23. The summed E-state index contributed by atoms with van der Waals surface area (Å²) in [6, 6.07) is 3.30. The van der Waals surface area contributed by atoms with Crippen molar-refractivity contribution in [3.63, 3.8) is 0 Å². The molecule has 0 aromatic carbocycles. The Labute approximate surface area is 89.6 Å². The van der Waals surface area contributed by atoms with Crippen molar-refractivity contribution in [2.75, 3.05) is 13.1 Å². The van der Waals surface area contributed by atoms with Crippen LogP contribution in [0.4, 0.5) is 0 Å². The molecule has 1 saturated heterocycles. The molecule has 2 rings (SSSR count). The highest BCUT2D eigenvalue weighted by atomic mass is 79.9. The average molecular weight is 260 g/mol. The summed E-state index contributed by atoms with van der Waals surface area (Å²) in [4.78, 5) is 13.3. The van der Waals surface area contributed by atoms with E-state index in [1.165, 1.54) is 0 Å². The van der Waals surface area contributed by atoms with Gasteiger partial charge in [-0.15, -0.1) is 0 Å². The molecule has 14 heavy (non-hydrogen) atoms. The first-order valence-corrected chi connectivity index (χ1v) is 5.19. The zero-order valence-electron chi connectivity index (χ0n) is 7.44. The Hall–Kier alpha value is -0.810. The normalized spacial score (nSPS) is 21.6. The highest BCUT2D eigenvalue weighted by molar-refractivity contribution is 9.10. The summed E-state index contributed by atoms with van der Waals surface area (Å²) < 4.78 is 5.68. The summed E-state index contributed by atoms with van der Waals surface area (Å²) in [5.41, 5.74) is 0. The van der Waals surface area contributed by atoms with E-state index in [0.717, 1.165) is 0 Å². The van der Waals surface area contributed by atoms with Crippen LogP contribution in [0, 0.1) is 0 Å². The summed E-state index contributed by atoms with van der Waals surface area (Å²) in [5, 5.41) is 9.27. The minimum atomic E-state index is -0.391. The molecule has 0 unspecified atom stereocenters. The number of aliphatic hydroxyl groups is 1. The fourth-order valence-corrected chi connectivity index (χ4v) is 1.82. The summed E-state index contributed by atoms with van der Waals surface area (Å²) in [6.45, 7) is 0.996. The lowest BCUT2D eigenvalue weighted by atomic mass is 10.3. The van der Waals surface area contributed by atoms with E-state index in [0.29, 0.717) is 29.9 Å². The van der Waals surface area contributed by atoms with Gasteiger partial charge >= 0.3 is 0 Å². The van der Waals surface area contributed by atoms with E-state index in [4.69, 9.17) is 4.42 Å². The summed E-state index contributed by atoms with van der Waals surface area (Å²) in [5.74, 6) is 0.151. The maximum absolute atomic E-state index is 11.7. The van der Waals surface area contributed by atoms with E-state index >= 15 is 0 Å². The third-order valence-corrected chi connectivity index (χ3v) is 2.66. The van der Waals surface area contributed by atoms with Crippen molar-refractivity contribution >= 4 is 21.8 Å². The number of rotatable bonds is 1. The van der Waals surface area contributed by atoms with Gasteiger partial charge in [0.15, 0.2) is 10.4 Å². The Kier molecular flexibility index (Phi) is 2.60. The van der Waals surface area contributed by atoms with Gasteiger partial charge in [0.05, 0.1) is 6.10 Å². The Balaban J connectivity index is 2.09. The Bertz CT molecular complexity index is 350. The largest absolute Gasteiger partial charge is 0.444 e. The Morgan fingerprint density at radius 2 is 2.43 bits per heavy atom.